The summed E-state index contributed by atoms with van der Waals surface area (Å²) in [6, 6.07) is 7.29. The summed E-state index contributed by atoms with van der Waals surface area (Å²) in [4.78, 5) is 7.40. The normalized spacial score (nSPS) is 23.5. The molecular weight excluding hydrogens is 518 g/mol. The zero-order chi connectivity index (χ0) is 22.3. The van der Waals surface area contributed by atoms with Gasteiger partial charge in [0.25, 0.3) is 0 Å². The van der Waals surface area contributed by atoms with Crippen LogP contribution in [-0.4, -0.2) is 55.8 Å². The number of guanidine groups is 1. The van der Waals surface area contributed by atoms with Crippen molar-refractivity contribution in [3.63, 3.8) is 0 Å². The van der Waals surface area contributed by atoms with Gasteiger partial charge in [0, 0.05) is 51.3 Å². The first kappa shape index (κ1) is 27.3. The molecule has 2 fully saturated rings. The van der Waals surface area contributed by atoms with Gasteiger partial charge in [-0.15, -0.1) is 24.0 Å². The second-order valence-electron chi connectivity index (χ2n) is 10.1. The van der Waals surface area contributed by atoms with E-state index in [9.17, 15) is 4.39 Å². The predicted molar refractivity (Wildman–Crippen MR) is 141 cm³/mol. The van der Waals surface area contributed by atoms with E-state index in [-0.39, 0.29) is 41.3 Å². The Balaban J connectivity index is 0.00000363. The van der Waals surface area contributed by atoms with Crippen molar-refractivity contribution in [1.29, 1.82) is 0 Å². The van der Waals surface area contributed by atoms with Crippen LogP contribution in [0.2, 0.25) is 0 Å². The average molecular weight is 561 g/mol. The molecular formula is C25H42FIN4O. The van der Waals surface area contributed by atoms with Crippen molar-refractivity contribution < 1.29 is 9.13 Å². The summed E-state index contributed by atoms with van der Waals surface area (Å²) in [5.74, 6) is 1.23. The van der Waals surface area contributed by atoms with E-state index in [4.69, 9.17) is 9.73 Å². The van der Waals surface area contributed by atoms with Gasteiger partial charge >= 0.3 is 0 Å². The molecule has 7 heteroatoms. The third-order valence-electron chi connectivity index (χ3n) is 6.37. The van der Waals surface area contributed by atoms with Crippen LogP contribution in [0.3, 0.4) is 0 Å². The number of likely N-dealkylation sites (tertiary alicyclic amines) is 1. The van der Waals surface area contributed by atoms with Crippen LogP contribution < -0.4 is 10.6 Å². The highest BCUT2D eigenvalue weighted by Gasteiger charge is 2.35. The third-order valence-corrected chi connectivity index (χ3v) is 6.37. The summed E-state index contributed by atoms with van der Waals surface area (Å²) in [6.45, 7) is 14.4. The molecule has 0 radical (unpaired) electrons. The molecule has 1 aromatic carbocycles. The highest BCUT2D eigenvalue weighted by atomic mass is 127. The monoisotopic (exact) mass is 560 g/mol. The van der Waals surface area contributed by atoms with Crippen molar-refractivity contribution in [2.45, 2.75) is 72.1 Å². The van der Waals surface area contributed by atoms with E-state index in [0.717, 1.165) is 64.6 Å². The largest absolute Gasteiger partial charge is 0.377 e. The third kappa shape index (κ3) is 8.45. The Labute approximate surface area is 211 Å². The van der Waals surface area contributed by atoms with Gasteiger partial charge in [0.2, 0.25) is 0 Å². The van der Waals surface area contributed by atoms with Crippen molar-refractivity contribution in [2.75, 3.05) is 32.8 Å². The van der Waals surface area contributed by atoms with Gasteiger partial charge in [-0.1, -0.05) is 32.9 Å². The van der Waals surface area contributed by atoms with Crippen LogP contribution in [-0.2, 0) is 11.3 Å². The van der Waals surface area contributed by atoms with E-state index < -0.39 is 0 Å². The molecule has 2 aliphatic heterocycles. The quantitative estimate of drug-likeness (QED) is 0.298. The van der Waals surface area contributed by atoms with Gasteiger partial charge < -0.3 is 15.4 Å². The van der Waals surface area contributed by atoms with Crippen LogP contribution in [0.4, 0.5) is 4.39 Å². The highest BCUT2D eigenvalue weighted by molar-refractivity contribution is 14.0. The summed E-state index contributed by atoms with van der Waals surface area (Å²) >= 11 is 0. The number of aliphatic imine (C=N–C) groups is 1. The lowest BCUT2D eigenvalue weighted by atomic mass is 9.78. The number of benzene rings is 1. The van der Waals surface area contributed by atoms with Crippen LogP contribution in [0.15, 0.2) is 29.3 Å². The zero-order valence-electron chi connectivity index (χ0n) is 20.2. The van der Waals surface area contributed by atoms with E-state index in [1.165, 1.54) is 12.0 Å². The summed E-state index contributed by atoms with van der Waals surface area (Å²) in [5, 5.41) is 7.09. The lowest BCUT2D eigenvalue weighted by molar-refractivity contribution is -0.0823. The molecule has 2 atom stereocenters. The molecule has 32 heavy (non-hydrogen) atoms. The van der Waals surface area contributed by atoms with Gasteiger partial charge in [0.15, 0.2) is 5.96 Å². The Morgan fingerprint density at radius 2 is 1.84 bits per heavy atom. The number of hydrogen-bond donors (Lipinski definition) is 2. The fourth-order valence-corrected chi connectivity index (χ4v) is 4.79. The lowest BCUT2D eigenvalue weighted by Gasteiger charge is -2.39. The van der Waals surface area contributed by atoms with E-state index in [0.29, 0.717) is 12.0 Å². The molecule has 0 amide bonds. The molecule has 2 saturated heterocycles. The number of piperidine rings is 1. The van der Waals surface area contributed by atoms with Crippen molar-refractivity contribution in [2.24, 2.45) is 16.3 Å². The molecule has 2 heterocycles. The maximum Gasteiger partial charge on any atom is 0.191 e. The minimum absolute atomic E-state index is 0. The molecule has 0 bridgehead atoms. The maximum absolute atomic E-state index is 13.1. The van der Waals surface area contributed by atoms with E-state index >= 15 is 0 Å². The first-order valence-corrected chi connectivity index (χ1v) is 12.0. The van der Waals surface area contributed by atoms with Crippen LogP contribution in [0.25, 0.3) is 0 Å². The zero-order valence-corrected chi connectivity index (χ0v) is 22.5. The summed E-state index contributed by atoms with van der Waals surface area (Å²) < 4.78 is 19.2. The molecule has 0 saturated carbocycles. The highest BCUT2D eigenvalue weighted by Crippen LogP contribution is 2.34. The van der Waals surface area contributed by atoms with Gasteiger partial charge in [-0.25, -0.2) is 4.39 Å². The van der Waals surface area contributed by atoms with Crippen molar-refractivity contribution in [3.8, 4) is 0 Å². The molecule has 2 unspecified atom stereocenters. The number of nitrogens with zero attached hydrogens (tertiary/aromatic N) is 2. The molecule has 2 aliphatic rings. The van der Waals surface area contributed by atoms with Gasteiger partial charge in [-0.05, 0) is 55.7 Å². The predicted octanol–water partition coefficient (Wildman–Crippen LogP) is 4.80. The summed E-state index contributed by atoms with van der Waals surface area (Å²) in [5.41, 5.74) is 1.31. The first-order valence-electron chi connectivity index (χ1n) is 12.0. The molecule has 1 aromatic rings. The van der Waals surface area contributed by atoms with Crippen molar-refractivity contribution in [1.82, 2.24) is 15.5 Å². The minimum atomic E-state index is -0.171. The topological polar surface area (TPSA) is 48.9 Å². The molecule has 0 spiro atoms. The Morgan fingerprint density at radius 1 is 1.16 bits per heavy atom. The smallest absolute Gasteiger partial charge is 0.191 e. The van der Waals surface area contributed by atoms with Crippen LogP contribution >= 0.6 is 24.0 Å². The number of rotatable bonds is 6. The number of halogens is 2. The molecule has 182 valence electrons. The first-order chi connectivity index (χ1) is 14.8. The van der Waals surface area contributed by atoms with Crippen LogP contribution in [0, 0.1) is 17.2 Å². The molecule has 0 aliphatic carbocycles. The van der Waals surface area contributed by atoms with Gasteiger partial charge in [0.05, 0.1) is 6.10 Å². The maximum atomic E-state index is 13.1. The summed E-state index contributed by atoms with van der Waals surface area (Å²) in [7, 11) is 0. The number of nitrogens with one attached hydrogen (secondary N) is 2. The van der Waals surface area contributed by atoms with Crippen LogP contribution in [0.5, 0.6) is 0 Å². The average Bonchev–Trinajstić information content (AvgIpc) is 2.75. The minimum Gasteiger partial charge on any atom is -0.377 e. The fourth-order valence-electron chi connectivity index (χ4n) is 4.79. The number of hydrogen-bond acceptors (Lipinski definition) is 3. The number of ether oxygens (including phenoxy) is 1. The van der Waals surface area contributed by atoms with E-state index in [2.05, 4.69) is 43.2 Å². The Morgan fingerprint density at radius 3 is 2.47 bits per heavy atom. The molecule has 5 nitrogen and oxygen atoms in total. The van der Waals surface area contributed by atoms with Crippen molar-refractivity contribution in [3.05, 3.63) is 35.6 Å². The Hall–Kier alpha value is -0.930. The molecule has 3 rings (SSSR count). The van der Waals surface area contributed by atoms with Gasteiger partial charge in [-0.3, -0.25) is 9.89 Å². The Bertz CT molecular complexity index is 699. The Kier molecular flexibility index (Phi) is 11.2. The lowest BCUT2D eigenvalue weighted by Crippen LogP contribution is -2.49. The van der Waals surface area contributed by atoms with Crippen LogP contribution in [0.1, 0.15) is 58.9 Å². The van der Waals surface area contributed by atoms with E-state index in [1.807, 2.05) is 12.1 Å². The summed E-state index contributed by atoms with van der Waals surface area (Å²) in [6.07, 6.45) is 4.75. The second-order valence-corrected chi connectivity index (χ2v) is 10.1. The standard InChI is InChI=1S/C25H41FN4O.HI/c1-5-27-24(28-17-20-7-6-16-31-23(20)25(2,3)4)29-22-12-14-30(15-13-22)18-19-8-10-21(26)11-9-19;/h8-11,20,22-23H,5-7,12-18H2,1-4H3,(H2,27,28,29);1H. The van der Waals surface area contributed by atoms with Gasteiger partial charge in [-0.2, -0.15) is 0 Å². The van der Waals surface area contributed by atoms with E-state index in [1.54, 1.807) is 12.1 Å². The SMILES string of the molecule is CCNC(=NCC1CCCOC1C(C)(C)C)NC1CCN(Cc2ccc(F)cc2)CC1.I. The molecule has 2 N–H and O–H groups in total. The van der Waals surface area contributed by atoms with Crippen molar-refractivity contribution >= 4 is 29.9 Å². The van der Waals surface area contributed by atoms with Gasteiger partial charge in [0.1, 0.15) is 5.82 Å². The second kappa shape index (κ2) is 13.1. The molecule has 0 aromatic heterocycles. The fraction of sp³-hybridized carbons (Fsp3) is 0.720.